The van der Waals surface area contributed by atoms with Gasteiger partial charge in [-0.1, -0.05) is 6.92 Å². The first kappa shape index (κ1) is 16.3. The maximum absolute atomic E-state index is 12.7. The highest BCUT2D eigenvalue weighted by Crippen LogP contribution is 2.32. The summed E-state index contributed by atoms with van der Waals surface area (Å²) in [6.45, 7) is 3.81. The molecular formula is C15H24N2O3S. The summed E-state index contributed by atoms with van der Waals surface area (Å²) in [6, 6.07) is 7.14. The lowest BCUT2D eigenvalue weighted by Gasteiger charge is -2.21. The lowest BCUT2D eigenvalue weighted by atomic mass is 10.3. The Balaban J connectivity index is 2.13. The Labute approximate surface area is 127 Å². The van der Waals surface area contributed by atoms with E-state index in [4.69, 9.17) is 4.74 Å². The Morgan fingerprint density at radius 3 is 2.48 bits per heavy atom. The standard InChI is InChI=1S/C15H24N2O3S/c1-3-10-16-13-4-8-15(9-5-13)21(18,19)17(11-12-20-2)14-6-7-14/h4-5,8-9,14,16H,3,6-7,10-12H2,1-2H3. The van der Waals surface area contributed by atoms with E-state index >= 15 is 0 Å². The normalized spacial score (nSPS) is 15.4. The molecule has 0 unspecified atom stereocenters. The zero-order valence-electron chi connectivity index (χ0n) is 12.7. The van der Waals surface area contributed by atoms with Crippen molar-refractivity contribution in [1.29, 1.82) is 0 Å². The quantitative estimate of drug-likeness (QED) is 0.760. The smallest absolute Gasteiger partial charge is 0.243 e. The summed E-state index contributed by atoms with van der Waals surface area (Å²) < 4.78 is 32.0. The van der Waals surface area contributed by atoms with E-state index in [1.165, 1.54) is 0 Å². The third-order valence-corrected chi connectivity index (χ3v) is 5.48. The van der Waals surface area contributed by atoms with Crippen LogP contribution in [0.2, 0.25) is 0 Å². The van der Waals surface area contributed by atoms with E-state index < -0.39 is 10.0 Å². The Hall–Kier alpha value is -1.11. The summed E-state index contributed by atoms with van der Waals surface area (Å²) in [6.07, 6.45) is 2.92. The van der Waals surface area contributed by atoms with Gasteiger partial charge in [-0.05, 0) is 43.5 Å². The summed E-state index contributed by atoms with van der Waals surface area (Å²) in [5.41, 5.74) is 0.950. The van der Waals surface area contributed by atoms with Gasteiger partial charge >= 0.3 is 0 Å². The minimum Gasteiger partial charge on any atom is -0.385 e. The molecular weight excluding hydrogens is 288 g/mol. The van der Waals surface area contributed by atoms with Crippen LogP contribution in [0.4, 0.5) is 5.69 Å². The highest BCUT2D eigenvalue weighted by Gasteiger charge is 2.37. The predicted octanol–water partition coefficient (Wildman–Crippen LogP) is 2.31. The van der Waals surface area contributed by atoms with Crippen LogP contribution in [0.25, 0.3) is 0 Å². The average molecular weight is 312 g/mol. The van der Waals surface area contributed by atoms with Crippen LogP contribution >= 0.6 is 0 Å². The molecule has 1 saturated carbocycles. The van der Waals surface area contributed by atoms with Gasteiger partial charge in [-0.3, -0.25) is 0 Å². The van der Waals surface area contributed by atoms with Crippen LogP contribution in [0.5, 0.6) is 0 Å². The molecule has 1 aliphatic rings. The lowest BCUT2D eigenvalue weighted by molar-refractivity contribution is 0.177. The molecule has 0 amide bonds. The van der Waals surface area contributed by atoms with Crippen molar-refractivity contribution in [1.82, 2.24) is 4.31 Å². The van der Waals surface area contributed by atoms with Crippen molar-refractivity contribution in [3.63, 3.8) is 0 Å². The zero-order chi connectivity index (χ0) is 15.3. The van der Waals surface area contributed by atoms with Crippen molar-refractivity contribution in [2.75, 3.05) is 32.1 Å². The molecule has 6 heteroatoms. The van der Waals surface area contributed by atoms with Gasteiger partial charge in [0.2, 0.25) is 10.0 Å². The van der Waals surface area contributed by atoms with E-state index in [0.29, 0.717) is 18.0 Å². The monoisotopic (exact) mass is 312 g/mol. The topological polar surface area (TPSA) is 58.6 Å². The molecule has 1 fully saturated rings. The zero-order valence-corrected chi connectivity index (χ0v) is 13.5. The molecule has 118 valence electrons. The Kier molecular flexibility index (Phi) is 5.61. The minimum absolute atomic E-state index is 0.142. The second kappa shape index (κ2) is 7.24. The van der Waals surface area contributed by atoms with Crippen molar-refractivity contribution < 1.29 is 13.2 Å². The second-order valence-electron chi connectivity index (χ2n) is 5.29. The highest BCUT2D eigenvalue weighted by molar-refractivity contribution is 7.89. The molecule has 0 aliphatic heterocycles. The molecule has 1 aromatic carbocycles. The van der Waals surface area contributed by atoms with Gasteiger partial charge in [-0.15, -0.1) is 0 Å². The van der Waals surface area contributed by atoms with E-state index in [2.05, 4.69) is 12.2 Å². The van der Waals surface area contributed by atoms with Crippen LogP contribution in [-0.4, -0.2) is 45.6 Å². The molecule has 1 aromatic rings. The lowest BCUT2D eigenvalue weighted by Crippen LogP contribution is -2.35. The fourth-order valence-corrected chi connectivity index (χ4v) is 3.86. The van der Waals surface area contributed by atoms with Crippen LogP contribution in [0, 0.1) is 0 Å². The van der Waals surface area contributed by atoms with Crippen molar-refractivity contribution >= 4 is 15.7 Å². The van der Waals surface area contributed by atoms with Crippen LogP contribution in [0.3, 0.4) is 0 Å². The number of anilines is 1. The molecule has 21 heavy (non-hydrogen) atoms. The van der Waals surface area contributed by atoms with Gasteiger partial charge in [0, 0.05) is 31.9 Å². The van der Waals surface area contributed by atoms with Gasteiger partial charge in [0.05, 0.1) is 11.5 Å². The molecule has 0 saturated heterocycles. The molecule has 0 atom stereocenters. The predicted molar refractivity (Wildman–Crippen MR) is 84.0 cm³/mol. The summed E-state index contributed by atoms with van der Waals surface area (Å²) in [5.74, 6) is 0. The number of hydrogen-bond acceptors (Lipinski definition) is 4. The fourth-order valence-electron chi connectivity index (χ4n) is 2.19. The Morgan fingerprint density at radius 1 is 1.29 bits per heavy atom. The van der Waals surface area contributed by atoms with Gasteiger partial charge in [0.15, 0.2) is 0 Å². The van der Waals surface area contributed by atoms with Crippen LogP contribution in [0.1, 0.15) is 26.2 Å². The average Bonchev–Trinajstić information content (AvgIpc) is 3.30. The first-order chi connectivity index (χ1) is 10.1. The molecule has 2 rings (SSSR count). The van der Waals surface area contributed by atoms with E-state index in [0.717, 1.165) is 31.5 Å². The van der Waals surface area contributed by atoms with Gasteiger partial charge in [0.25, 0.3) is 0 Å². The van der Waals surface area contributed by atoms with Crippen molar-refractivity contribution in [2.45, 2.75) is 37.1 Å². The van der Waals surface area contributed by atoms with Gasteiger partial charge in [-0.2, -0.15) is 4.31 Å². The van der Waals surface area contributed by atoms with E-state index in [9.17, 15) is 8.42 Å². The van der Waals surface area contributed by atoms with Crippen LogP contribution in [0.15, 0.2) is 29.2 Å². The molecule has 1 N–H and O–H groups in total. The Bertz CT molecular complexity index is 539. The number of methoxy groups -OCH3 is 1. The maximum atomic E-state index is 12.7. The van der Waals surface area contributed by atoms with Gasteiger partial charge < -0.3 is 10.1 Å². The van der Waals surface area contributed by atoms with Crippen molar-refractivity contribution in [3.8, 4) is 0 Å². The largest absolute Gasteiger partial charge is 0.385 e. The van der Waals surface area contributed by atoms with E-state index in [1.807, 2.05) is 12.1 Å². The number of sulfonamides is 1. The van der Waals surface area contributed by atoms with E-state index in [-0.39, 0.29) is 6.04 Å². The SMILES string of the molecule is CCCNc1ccc(S(=O)(=O)N(CCOC)C2CC2)cc1. The summed E-state index contributed by atoms with van der Waals surface area (Å²) in [5, 5.41) is 3.24. The number of benzene rings is 1. The van der Waals surface area contributed by atoms with Gasteiger partial charge in [0.1, 0.15) is 0 Å². The first-order valence-electron chi connectivity index (χ1n) is 7.44. The number of nitrogens with zero attached hydrogens (tertiary/aromatic N) is 1. The molecule has 0 spiro atoms. The first-order valence-corrected chi connectivity index (χ1v) is 8.88. The van der Waals surface area contributed by atoms with Gasteiger partial charge in [-0.25, -0.2) is 8.42 Å². The highest BCUT2D eigenvalue weighted by atomic mass is 32.2. The molecule has 0 radical (unpaired) electrons. The fraction of sp³-hybridized carbons (Fsp3) is 0.600. The molecule has 0 aromatic heterocycles. The number of ether oxygens (including phenoxy) is 1. The van der Waals surface area contributed by atoms with Crippen molar-refractivity contribution in [2.24, 2.45) is 0 Å². The summed E-state index contributed by atoms with van der Waals surface area (Å²) >= 11 is 0. The van der Waals surface area contributed by atoms with Crippen LogP contribution < -0.4 is 5.32 Å². The Morgan fingerprint density at radius 2 is 1.95 bits per heavy atom. The summed E-state index contributed by atoms with van der Waals surface area (Å²) in [7, 11) is -1.83. The van der Waals surface area contributed by atoms with Crippen LogP contribution in [-0.2, 0) is 14.8 Å². The summed E-state index contributed by atoms with van der Waals surface area (Å²) in [4.78, 5) is 0.354. The number of nitrogens with one attached hydrogen (secondary N) is 1. The molecule has 0 bridgehead atoms. The molecule has 1 aliphatic carbocycles. The maximum Gasteiger partial charge on any atom is 0.243 e. The van der Waals surface area contributed by atoms with E-state index in [1.54, 1.807) is 23.5 Å². The molecule has 5 nitrogen and oxygen atoms in total. The number of hydrogen-bond donors (Lipinski definition) is 1. The molecule has 0 heterocycles. The second-order valence-corrected chi connectivity index (χ2v) is 7.18. The third kappa shape index (κ3) is 4.18. The number of rotatable bonds is 9. The van der Waals surface area contributed by atoms with Crippen molar-refractivity contribution in [3.05, 3.63) is 24.3 Å². The minimum atomic E-state index is -3.42. The third-order valence-electron chi connectivity index (χ3n) is 3.51.